The highest BCUT2D eigenvalue weighted by Gasteiger charge is 2.44. The molecule has 3 heteroatoms. The summed E-state index contributed by atoms with van der Waals surface area (Å²) in [6, 6.07) is 0.250. The van der Waals surface area contributed by atoms with Crippen molar-refractivity contribution in [3.63, 3.8) is 0 Å². The zero-order valence-corrected chi connectivity index (χ0v) is 8.72. The first-order valence-electron chi connectivity index (χ1n) is 5.00. The van der Waals surface area contributed by atoms with Crippen molar-refractivity contribution in [2.75, 3.05) is 7.11 Å². The quantitative estimate of drug-likeness (QED) is 0.720. The highest BCUT2D eigenvalue weighted by Crippen LogP contribution is 2.35. The summed E-state index contributed by atoms with van der Waals surface area (Å²) in [5, 5.41) is 2.96. The van der Waals surface area contributed by atoms with Crippen molar-refractivity contribution in [1.29, 1.82) is 0 Å². The van der Waals surface area contributed by atoms with E-state index in [1.54, 1.807) is 7.11 Å². The van der Waals surface area contributed by atoms with Gasteiger partial charge in [0.25, 0.3) is 5.91 Å². The van der Waals surface area contributed by atoms with Crippen LogP contribution < -0.4 is 5.32 Å². The van der Waals surface area contributed by atoms with E-state index in [2.05, 4.69) is 12.2 Å². The summed E-state index contributed by atoms with van der Waals surface area (Å²) in [5.41, 5.74) is -0.497. The van der Waals surface area contributed by atoms with E-state index in [9.17, 15) is 4.79 Å². The van der Waals surface area contributed by atoms with Gasteiger partial charge in [-0.05, 0) is 32.6 Å². The van der Waals surface area contributed by atoms with Crippen LogP contribution in [-0.4, -0.2) is 24.7 Å². The fourth-order valence-corrected chi connectivity index (χ4v) is 1.48. The molecule has 0 aromatic heterocycles. The predicted octanol–water partition coefficient (Wildman–Crippen LogP) is 1.47. The third-order valence-corrected chi connectivity index (χ3v) is 2.96. The molecular formula is C10H19NO2. The van der Waals surface area contributed by atoms with Crippen LogP contribution in [0, 0.1) is 0 Å². The zero-order valence-electron chi connectivity index (χ0n) is 8.72. The molecule has 0 saturated heterocycles. The summed E-state index contributed by atoms with van der Waals surface area (Å²) in [4.78, 5) is 11.7. The minimum atomic E-state index is -0.497. The maximum Gasteiger partial charge on any atom is 0.252 e. The number of hydrogen-bond donors (Lipinski definition) is 1. The SMILES string of the molecule is CC[C@@H](C)NC(=O)C1(OC)CCC1. The molecule has 0 spiro atoms. The van der Waals surface area contributed by atoms with Crippen LogP contribution in [0.1, 0.15) is 39.5 Å². The molecule has 1 saturated carbocycles. The molecule has 1 rings (SSSR count). The van der Waals surface area contributed by atoms with Gasteiger partial charge in [-0.25, -0.2) is 0 Å². The number of amides is 1. The van der Waals surface area contributed by atoms with Crippen LogP contribution in [0.4, 0.5) is 0 Å². The molecule has 1 amide bonds. The number of hydrogen-bond acceptors (Lipinski definition) is 2. The Morgan fingerprint density at radius 2 is 2.23 bits per heavy atom. The predicted molar refractivity (Wildman–Crippen MR) is 51.5 cm³/mol. The molecular weight excluding hydrogens is 166 g/mol. The number of nitrogens with one attached hydrogen (secondary N) is 1. The van der Waals surface area contributed by atoms with Gasteiger partial charge in [-0.1, -0.05) is 6.92 Å². The lowest BCUT2D eigenvalue weighted by atomic mass is 9.79. The monoisotopic (exact) mass is 185 g/mol. The van der Waals surface area contributed by atoms with Crippen LogP contribution in [0.2, 0.25) is 0 Å². The van der Waals surface area contributed by atoms with Crippen molar-refractivity contribution in [2.45, 2.75) is 51.2 Å². The number of carbonyl (C=O) groups excluding carboxylic acids is 1. The maximum absolute atomic E-state index is 11.7. The molecule has 13 heavy (non-hydrogen) atoms. The molecule has 0 heterocycles. The average Bonchev–Trinajstić information content (AvgIpc) is 2.03. The second-order valence-electron chi connectivity index (χ2n) is 3.83. The normalized spacial score (nSPS) is 21.8. The van der Waals surface area contributed by atoms with E-state index in [-0.39, 0.29) is 11.9 Å². The minimum Gasteiger partial charge on any atom is -0.368 e. The lowest BCUT2D eigenvalue weighted by Crippen LogP contribution is -2.54. The van der Waals surface area contributed by atoms with E-state index < -0.39 is 5.60 Å². The molecule has 1 aliphatic carbocycles. The Kier molecular flexibility index (Phi) is 3.31. The van der Waals surface area contributed by atoms with Crippen LogP contribution >= 0.6 is 0 Å². The number of ether oxygens (including phenoxy) is 1. The van der Waals surface area contributed by atoms with E-state index in [0.29, 0.717) is 0 Å². The smallest absolute Gasteiger partial charge is 0.252 e. The summed E-state index contributed by atoms with van der Waals surface area (Å²) in [6.07, 6.45) is 3.80. The minimum absolute atomic E-state index is 0.0654. The van der Waals surface area contributed by atoms with Gasteiger partial charge in [0, 0.05) is 13.2 Å². The van der Waals surface area contributed by atoms with Crippen molar-refractivity contribution >= 4 is 5.91 Å². The Bertz CT molecular complexity index is 182. The lowest BCUT2D eigenvalue weighted by Gasteiger charge is -2.39. The Hall–Kier alpha value is -0.570. The fourth-order valence-electron chi connectivity index (χ4n) is 1.48. The first-order chi connectivity index (χ1) is 6.14. The second-order valence-corrected chi connectivity index (χ2v) is 3.83. The molecule has 0 unspecified atom stereocenters. The van der Waals surface area contributed by atoms with E-state index >= 15 is 0 Å². The van der Waals surface area contributed by atoms with Crippen LogP contribution in [0.25, 0.3) is 0 Å². The molecule has 3 nitrogen and oxygen atoms in total. The van der Waals surface area contributed by atoms with Gasteiger partial charge in [-0.2, -0.15) is 0 Å². The van der Waals surface area contributed by atoms with E-state index in [4.69, 9.17) is 4.74 Å². The van der Waals surface area contributed by atoms with Gasteiger partial charge in [0.2, 0.25) is 0 Å². The van der Waals surface area contributed by atoms with E-state index in [1.807, 2.05) is 6.92 Å². The lowest BCUT2D eigenvalue weighted by molar-refractivity contribution is -0.154. The summed E-state index contributed by atoms with van der Waals surface area (Å²) < 4.78 is 5.27. The van der Waals surface area contributed by atoms with Crippen LogP contribution in [0.3, 0.4) is 0 Å². The van der Waals surface area contributed by atoms with Crippen molar-refractivity contribution in [3.8, 4) is 0 Å². The average molecular weight is 185 g/mol. The van der Waals surface area contributed by atoms with Gasteiger partial charge in [-0.15, -0.1) is 0 Å². The van der Waals surface area contributed by atoms with Gasteiger partial charge in [0.1, 0.15) is 5.60 Å². The standard InChI is InChI=1S/C10H19NO2/c1-4-8(2)11-9(12)10(13-3)6-5-7-10/h8H,4-7H2,1-3H3,(H,11,12)/t8-/m1/s1. The molecule has 1 fully saturated rings. The van der Waals surface area contributed by atoms with E-state index in [1.165, 1.54) is 0 Å². The molecule has 1 aliphatic rings. The summed E-state index contributed by atoms with van der Waals surface area (Å²) in [7, 11) is 1.62. The number of methoxy groups -OCH3 is 1. The molecule has 0 aromatic rings. The highest BCUT2D eigenvalue weighted by atomic mass is 16.5. The molecule has 1 N–H and O–H groups in total. The second kappa shape index (κ2) is 4.09. The van der Waals surface area contributed by atoms with E-state index in [0.717, 1.165) is 25.7 Å². The van der Waals surface area contributed by atoms with Gasteiger partial charge in [0.05, 0.1) is 0 Å². The first-order valence-corrected chi connectivity index (χ1v) is 5.00. The molecule has 0 aromatic carbocycles. The van der Waals surface area contributed by atoms with Crippen molar-refractivity contribution in [1.82, 2.24) is 5.32 Å². The Morgan fingerprint density at radius 3 is 2.54 bits per heavy atom. The summed E-state index contributed by atoms with van der Waals surface area (Å²) in [5.74, 6) is 0.0654. The van der Waals surface area contributed by atoms with Crippen molar-refractivity contribution in [3.05, 3.63) is 0 Å². The maximum atomic E-state index is 11.7. The zero-order chi connectivity index (χ0) is 9.90. The fraction of sp³-hybridized carbons (Fsp3) is 0.900. The Morgan fingerprint density at radius 1 is 1.62 bits per heavy atom. The number of carbonyl (C=O) groups is 1. The highest BCUT2D eigenvalue weighted by molar-refractivity contribution is 5.86. The first kappa shape index (κ1) is 10.5. The molecule has 1 atom stereocenters. The molecule has 0 aliphatic heterocycles. The van der Waals surface area contributed by atoms with Gasteiger partial charge < -0.3 is 10.1 Å². The van der Waals surface area contributed by atoms with Crippen molar-refractivity contribution in [2.24, 2.45) is 0 Å². The van der Waals surface area contributed by atoms with Gasteiger partial charge >= 0.3 is 0 Å². The van der Waals surface area contributed by atoms with Crippen LogP contribution in [0.5, 0.6) is 0 Å². The third kappa shape index (κ3) is 2.02. The van der Waals surface area contributed by atoms with Gasteiger partial charge in [-0.3, -0.25) is 4.79 Å². The van der Waals surface area contributed by atoms with Gasteiger partial charge in [0.15, 0.2) is 0 Å². The third-order valence-electron chi connectivity index (χ3n) is 2.96. The summed E-state index contributed by atoms with van der Waals surface area (Å²) >= 11 is 0. The molecule has 0 radical (unpaired) electrons. The largest absolute Gasteiger partial charge is 0.368 e. The molecule has 0 bridgehead atoms. The van der Waals surface area contributed by atoms with Crippen molar-refractivity contribution < 1.29 is 9.53 Å². The number of rotatable bonds is 4. The molecule has 76 valence electrons. The Labute approximate surface area is 79.8 Å². The van der Waals surface area contributed by atoms with Crippen LogP contribution in [0.15, 0.2) is 0 Å². The summed E-state index contributed by atoms with van der Waals surface area (Å²) in [6.45, 7) is 4.07. The van der Waals surface area contributed by atoms with Crippen LogP contribution in [-0.2, 0) is 9.53 Å². The topological polar surface area (TPSA) is 38.3 Å². The Balaban J connectivity index is 2.46.